The minimum Gasteiger partial charge on any atom is -0.399 e. The standard InChI is InChI=1S/C16H21BO2/c1-15(2)16(3,4)19-17(18-15)14-11-7-9-12-8-5-6-10-13(12)14/h5-6,8,10-11H,7,9H2,1-4H3. The number of hydrogen-bond acceptors (Lipinski definition) is 2. The van der Waals surface area contributed by atoms with E-state index in [1.165, 1.54) is 16.6 Å². The number of hydrogen-bond donors (Lipinski definition) is 0. The van der Waals surface area contributed by atoms with Crippen molar-refractivity contribution < 1.29 is 9.31 Å². The molecule has 0 radical (unpaired) electrons. The Bertz CT molecular complexity index is 515. The van der Waals surface area contributed by atoms with Crippen molar-refractivity contribution in [3.05, 3.63) is 41.5 Å². The lowest BCUT2D eigenvalue weighted by Crippen LogP contribution is -2.41. The highest BCUT2D eigenvalue weighted by molar-refractivity contribution is 6.69. The van der Waals surface area contributed by atoms with Gasteiger partial charge in [0.15, 0.2) is 0 Å². The molecule has 0 bridgehead atoms. The van der Waals surface area contributed by atoms with Crippen LogP contribution in [-0.4, -0.2) is 18.3 Å². The van der Waals surface area contributed by atoms with Crippen LogP contribution >= 0.6 is 0 Å². The minimum absolute atomic E-state index is 0.244. The summed E-state index contributed by atoms with van der Waals surface area (Å²) in [5.74, 6) is 0. The molecule has 0 atom stereocenters. The van der Waals surface area contributed by atoms with Crippen LogP contribution in [0.15, 0.2) is 30.3 Å². The normalized spacial score (nSPS) is 24.0. The fraction of sp³-hybridized carbons (Fsp3) is 0.500. The Kier molecular flexibility index (Phi) is 2.88. The molecule has 1 aliphatic carbocycles. The molecule has 1 aromatic rings. The zero-order chi connectivity index (χ0) is 13.7. The van der Waals surface area contributed by atoms with E-state index in [9.17, 15) is 0 Å². The molecule has 0 saturated carbocycles. The predicted molar refractivity (Wildman–Crippen MR) is 78.8 cm³/mol. The first kappa shape index (κ1) is 13.0. The summed E-state index contributed by atoms with van der Waals surface area (Å²) in [6.45, 7) is 8.40. The molecular weight excluding hydrogens is 235 g/mol. The van der Waals surface area contributed by atoms with Gasteiger partial charge in [0.05, 0.1) is 11.2 Å². The lowest BCUT2D eigenvalue weighted by Gasteiger charge is -2.32. The summed E-state index contributed by atoms with van der Waals surface area (Å²) in [7, 11) is -0.244. The molecule has 100 valence electrons. The van der Waals surface area contributed by atoms with Gasteiger partial charge in [0, 0.05) is 0 Å². The van der Waals surface area contributed by atoms with Crippen molar-refractivity contribution in [2.24, 2.45) is 0 Å². The van der Waals surface area contributed by atoms with Crippen molar-refractivity contribution >= 4 is 12.6 Å². The first-order valence-electron chi connectivity index (χ1n) is 7.05. The number of aryl methyl sites for hydroxylation is 1. The van der Waals surface area contributed by atoms with Crippen molar-refractivity contribution in [3.8, 4) is 0 Å². The average molecular weight is 256 g/mol. The highest BCUT2D eigenvalue weighted by Crippen LogP contribution is 2.42. The molecular formula is C16H21BO2. The number of allylic oxidation sites excluding steroid dienone is 1. The lowest BCUT2D eigenvalue weighted by atomic mass is 9.70. The van der Waals surface area contributed by atoms with Gasteiger partial charge in [0.2, 0.25) is 0 Å². The second-order valence-electron chi connectivity index (χ2n) is 6.44. The summed E-state index contributed by atoms with van der Waals surface area (Å²) in [5.41, 5.74) is 3.33. The Morgan fingerprint density at radius 1 is 1.00 bits per heavy atom. The molecule has 1 fully saturated rings. The van der Waals surface area contributed by atoms with E-state index in [-0.39, 0.29) is 18.3 Å². The quantitative estimate of drug-likeness (QED) is 0.714. The Labute approximate surface area is 115 Å². The van der Waals surface area contributed by atoms with Gasteiger partial charge in [-0.15, -0.1) is 0 Å². The van der Waals surface area contributed by atoms with E-state index in [1.807, 2.05) is 0 Å². The number of rotatable bonds is 1. The van der Waals surface area contributed by atoms with Gasteiger partial charge in [-0.05, 0) is 57.1 Å². The molecule has 3 rings (SSSR count). The predicted octanol–water partition coefficient (Wildman–Crippen LogP) is 3.65. The summed E-state index contributed by atoms with van der Waals surface area (Å²) >= 11 is 0. The summed E-state index contributed by atoms with van der Waals surface area (Å²) in [4.78, 5) is 0. The first-order chi connectivity index (χ1) is 8.91. The van der Waals surface area contributed by atoms with Gasteiger partial charge in [-0.1, -0.05) is 30.3 Å². The third-order valence-electron chi connectivity index (χ3n) is 4.61. The second-order valence-corrected chi connectivity index (χ2v) is 6.44. The highest BCUT2D eigenvalue weighted by Gasteiger charge is 2.52. The zero-order valence-electron chi connectivity index (χ0n) is 12.2. The third-order valence-corrected chi connectivity index (χ3v) is 4.61. The van der Waals surface area contributed by atoms with Crippen LogP contribution in [0, 0.1) is 0 Å². The molecule has 0 amide bonds. The van der Waals surface area contributed by atoms with Crippen LogP contribution in [0.4, 0.5) is 0 Å². The van der Waals surface area contributed by atoms with Gasteiger partial charge in [-0.25, -0.2) is 0 Å². The van der Waals surface area contributed by atoms with Crippen LogP contribution in [0.5, 0.6) is 0 Å². The fourth-order valence-electron chi connectivity index (χ4n) is 2.71. The zero-order valence-corrected chi connectivity index (χ0v) is 12.2. The van der Waals surface area contributed by atoms with Crippen LogP contribution < -0.4 is 0 Å². The number of benzene rings is 1. The first-order valence-corrected chi connectivity index (χ1v) is 7.05. The third kappa shape index (κ3) is 2.05. The van der Waals surface area contributed by atoms with E-state index in [0.717, 1.165) is 12.8 Å². The highest BCUT2D eigenvalue weighted by atomic mass is 16.7. The van der Waals surface area contributed by atoms with Crippen LogP contribution in [0.2, 0.25) is 0 Å². The van der Waals surface area contributed by atoms with Crippen molar-refractivity contribution in [1.29, 1.82) is 0 Å². The largest absolute Gasteiger partial charge is 0.495 e. The van der Waals surface area contributed by atoms with Gasteiger partial charge >= 0.3 is 7.12 Å². The van der Waals surface area contributed by atoms with Crippen molar-refractivity contribution in [3.63, 3.8) is 0 Å². The smallest absolute Gasteiger partial charge is 0.399 e. The molecule has 1 heterocycles. The van der Waals surface area contributed by atoms with Crippen molar-refractivity contribution in [2.75, 3.05) is 0 Å². The van der Waals surface area contributed by atoms with E-state index in [1.54, 1.807) is 0 Å². The van der Waals surface area contributed by atoms with Crippen LogP contribution in [0.1, 0.15) is 45.2 Å². The van der Waals surface area contributed by atoms with Crippen LogP contribution in [0.3, 0.4) is 0 Å². The molecule has 0 spiro atoms. The SMILES string of the molecule is CC1(C)OB(C2=CCCc3ccccc32)OC1(C)C. The molecule has 2 aliphatic rings. The van der Waals surface area contributed by atoms with Gasteiger partial charge in [-0.3, -0.25) is 0 Å². The summed E-state index contributed by atoms with van der Waals surface area (Å²) < 4.78 is 12.3. The molecule has 0 unspecified atom stereocenters. The van der Waals surface area contributed by atoms with E-state index < -0.39 is 0 Å². The lowest BCUT2D eigenvalue weighted by molar-refractivity contribution is 0.00578. The maximum atomic E-state index is 6.17. The van der Waals surface area contributed by atoms with Crippen molar-refractivity contribution in [1.82, 2.24) is 0 Å². The van der Waals surface area contributed by atoms with E-state index >= 15 is 0 Å². The molecule has 1 aromatic carbocycles. The Morgan fingerprint density at radius 3 is 2.32 bits per heavy atom. The second kappa shape index (κ2) is 4.22. The monoisotopic (exact) mass is 256 g/mol. The number of fused-ring (bicyclic) bond motifs is 1. The topological polar surface area (TPSA) is 18.5 Å². The molecule has 3 heteroatoms. The maximum absolute atomic E-state index is 6.17. The summed E-state index contributed by atoms with van der Waals surface area (Å²) in [6.07, 6.45) is 4.44. The van der Waals surface area contributed by atoms with Crippen LogP contribution in [0.25, 0.3) is 5.47 Å². The molecule has 19 heavy (non-hydrogen) atoms. The average Bonchev–Trinajstić information content (AvgIpc) is 2.58. The van der Waals surface area contributed by atoms with Gasteiger partial charge in [0.1, 0.15) is 0 Å². The van der Waals surface area contributed by atoms with Gasteiger partial charge in [-0.2, -0.15) is 0 Å². The minimum atomic E-state index is -0.273. The fourth-order valence-corrected chi connectivity index (χ4v) is 2.71. The van der Waals surface area contributed by atoms with Crippen molar-refractivity contribution in [2.45, 2.75) is 51.7 Å². The molecule has 0 N–H and O–H groups in total. The van der Waals surface area contributed by atoms with Gasteiger partial charge < -0.3 is 9.31 Å². The Balaban J connectivity index is 1.95. The molecule has 0 aromatic heterocycles. The maximum Gasteiger partial charge on any atom is 0.495 e. The Hall–Kier alpha value is -1.06. The molecule has 1 aliphatic heterocycles. The van der Waals surface area contributed by atoms with E-state index in [2.05, 4.69) is 58.0 Å². The molecule has 1 saturated heterocycles. The van der Waals surface area contributed by atoms with E-state index in [4.69, 9.17) is 9.31 Å². The summed E-state index contributed by atoms with van der Waals surface area (Å²) in [5, 5.41) is 0. The van der Waals surface area contributed by atoms with E-state index in [0.29, 0.717) is 0 Å². The summed E-state index contributed by atoms with van der Waals surface area (Å²) in [6, 6.07) is 8.56. The Morgan fingerprint density at radius 2 is 1.63 bits per heavy atom. The van der Waals surface area contributed by atoms with Gasteiger partial charge in [0.25, 0.3) is 0 Å². The van der Waals surface area contributed by atoms with Crippen LogP contribution in [-0.2, 0) is 15.7 Å². The molecule has 2 nitrogen and oxygen atoms in total.